The second-order valence-corrected chi connectivity index (χ2v) is 5.55. The molecule has 15 heavy (non-hydrogen) atoms. The third kappa shape index (κ3) is 2.40. The Hall–Kier alpha value is -0.830. The first-order valence-corrected chi connectivity index (χ1v) is 5.34. The maximum absolute atomic E-state index is 10.1. The van der Waals surface area contributed by atoms with Crippen LogP contribution in [0.5, 0.6) is 0 Å². The van der Waals surface area contributed by atoms with Gasteiger partial charge in [-0.3, -0.25) is 0 Å². The van der Waals surface area contributed by atoms with Crippen LogP contribution in [0.3, 0.4) is 0 Å². The highest BCUT2D eigenvalue weighted by Gasteiger charge is 2.45. The number of aliphatic imine (C=N–C) groups is 1. The highest BCUT2D eigenvalue weighted by molar-refractivity contribution is 5.31. The molecular formula is C12H22N2O. The molecule has 1 aliphatic rings. The Bertz CT molecular complexity index is 299. The fourth-order valence-corrected chi connectivity index (χ4v) is 2.51. The molecule has 0 aromatic heterocycles. The average Bonchev–Trinajstić information content (AvgIpc) is 2.20. The second kappa shape index (κ2) is 3.63. The van der Waals surface area contributed by atoms with Gasteiger partial charge < -0.3 is 10.0 Å². The van der Waals surface area contributed by atoms with Gasteiger partial charge in [0.1, 0.15) is 5.82 Å². The molecule has 0 radical (unpaired) electrons. The van der Waals surface area contributed by atoms with E-state index in [0.29, 0.717) is 6.54 Å². The summed E-state index contributed by atoms with van der Waals surface area (Å²) in [5, 5.41) is 10.1. The third-order valence-corrected chi connectivity index (χ3v) is 2.90. The van der Waals surface area contributed by atoms with E-state index in [4.69, 9.17) is 0 Å². The van der Waals surface area contributed by atoms with Gasteiger partial charge in [-0.1, -0.05) is 0 Å². The summed E-state index contributed by atoms with van der Waals surface area (Å²) in [7, 11) is 0. The number of aliphatic hydroxyl groups is 1. The quantitative estimate of drug-likeness (QED) is 0.709. The number of likely N-dealkylation sites (tertiary alicyclic amines) is 1. The molecular weight excluding hydrogens is 188 g/mol. The van der Waals surface area contributed by atoms with E-state index >= 15 is 0 Å². The number of hydrogen-bond acceptors (Lipinski definition) is 3. The third-order valence-electron chi connectivity index (χ3n) is 2.90. The van der Waals surface area contributed by atoms with E-state index in [1.54, 1.807) is 0 Å². The molecule has 0 amide bonds. The number of hydrogen-bond donors (Lipinski definition) is 1. The highest BCUT2D eigenvalue weighted by Crippen LogP contribution is 2.38. The van der Waals surface area contributed by atoms with Crippen molar-refractivity contribution in [2.45, 2.75) is 52.2 Å². The lowest BCUT2D eigenvalue weighted by Gasteiger charge is -2.33. The summed E-state index contributed by atoms with van der Waals surface area (Å²) in [5.74, 6) is 0.901. The number of β-amino-alcohol motifs (C(OH)–C–C–N with tert-alkyl or cyclic N) is 1. The summed E-state index contributed by atoms with van der Waals surface area (Å²) in [6.07, 6.45) is 0.756. The lowest BCUT2D eigenvalue weighted by molar-refractivity contribution is 0.0713. The van der Waals surface area contributed by atoms with Crippen LogP contribution < -0.4 is 0 Å². The summed E-state index contributed by atoms with van der Waals surface area (Å²) in [6, 6.07) is 0. The van der Waals surface area contributed by atoms with Gasteiger partial charge in [0.05, 0.1) is 5.60 Å². The van der Waals surface area contributed by atoms with Crippen molar-refractivity contribution in [2.75, 3.05) is 6.54 Å². The summed E-state index contributed by atoms with van der Waals surface area (Å²) in [6.45, 7) is 14.4. The zero-order chi connectivity index (χ0) is 11.9. The first kappa shape index (κ1) is 12.2. The van der Waals surface area contributed by atoms with Gasteiger partial charge in [0.25, 0.3) is 0 Å². The van der Waals surface area contributed by atoms with E-state index in [2.05, 4.69) is 30.5 Å². The summed E-state index contributed by atoms with van der Waals surface area (Å²) >= 11 is 0. The van der Waals surface area contributed by atoms with Crippen LogP contribution in [0.15, 0.2) is 16.4 Å². The van der Waals surface area contributed by atoms with Gasteiger partial charge in [-0.15, -0.1) is 0 Å². The van der Waals surface area contributed by atoms with Crippen LogP contribution in [0.25, 0.3) is 0 Å². The normalized spacial score (nSPS) is 29.1. The Morgan fingerprint density at radius 1 is 1.33 bits per heavy atom. The Kier molecular flexibility index (Phi) is 2.97. The molecule has 1 atom stereocenters. The molecule has 1 saturated heterocycles. The molecule has 86 valence electrons. The standard InChI is InChI=1S/C12H22N2O/c1-9(2)10(13-6)14-8-12(5,15)7-11(14,3)4/h15H,6-8H2,1-5H3. The van der Waals surface area contributed by atoms with Crippen LogP contribution in [0.1, 0.15) is 41.0 Å². The topological polar surface area (TPSA) is 35.8 Å². The largest absolute Gasteiger partial charge is 0.388 e. The number of rotatable bonds is 2. The molecule has 3 nitrogen and oxygen atoms in total. The molecule has 0 aliphatic carbocycles. The Morgan fingerprint density at radius 3 is 2.13 bits per heavy atom. The van der Waals surface area contributed by atoms with Crippen molar-refractivity contribution < 1.29 is 5.11 Å². The van der Waals surface area contributed by atoms with E-state index in [1.165, 1.54) is 0 Å². The highest BCUT2D eigenvalue weighted by atomic mass is 16.3. The van der Waals surface area contributed by atoms with Gasteiger partial charge in [0, 0.05) is 18.5 Å². The minimum Gasteiger partial charge on any atom is -0.388 e. The molecule has 0 aromatic carbocycles. The molecule has 1 N–H and O–H groups in total. The lowest BCUT2D eigenvalue weighted by Crippen LogP contribution is -2.37. The molecule has 1 rings (SSSR count). The van der Waals surface area contributed by atoms with Gasteiger partial charge in [0.15, 0.2) is 0 Å². The molecule has 0 spiro atoms. The van der Waals surface area contributed by atoms with Crippen molar-refractivity contribution in [1.29, 1.82) is 0 Å². The zero-order valence-corrected chi connectivity index (χ0v) is 10.5. The molecule has 3 heteroatoms. The SMILES string of the molecule is C=NC(=C(C)C)N1CC(C)(O)CC1(C)C. The predicted molar refractivity (Wildman–Crippen MR) is 63.9 cm³/mol. The smallest absolute Gasteiger partial charge is 0.126 e. The van der Waals surface area contributed by atoms with E-state index in [0.717, 1.165) is 17.8 Å². The molecule has 1 fully saturated rings. The van der Waals surface area contributed by atoms with Crippen molar-refractivity contribution in [3.8, 4) is 0 Å². The molecule has 0 aromatic rings. The molecule has 0 saturated carbocycles. The van der Waals surface area contributed by atoms with E-state index in [9.17, 15) is 5.11 Å². The fourth-order valence-electron chi connectivity index (χ4n) is 2.51. The minimum atomic E-state index is -0.630. The van der Waals surface area contributed by atoms with Gasteiger partial charge in [0.2, 0.25) is 0 Å². The number of nitrogens with zero attached hydrogens (tertiary/aromatic N) is 2. The van der Waals surface area contributed by atoms with E-state index in [-0.39, 0.29) is 5.54 Å². The first-order chi connectivity index (χ1) is 6.69. The maximum atomic E-state index is 10.1. The van der Waals surface area contributed by atoms with Crippen LogP contribution in [0, 0.1) is 0 Å². The molecule has 1 unspecified atom stereocenters. The first-order valence-electron chi connectivity index (χ1n) is 5.34. The summed E-state index contributed by atoms with van der Waals surface area (Å²) < 4.78 is 0. The van der Waals surface area contributed by atoms with E-state index in [1.807, 2.05) is 20.8 Å². The molecule has 1 aliphatic heterocycles. The monoisotopic (exact) mass is 210 g/mol. The fraction of sp³-hybridized carbons (Fsp3) is 0.750. The predicted octanol–water partition coefficient (Wildman–Crippen LogP) is 2.17. The van der Waals surface area contributed by atoms with Crippen molar-refractivity contribution in [3.05, 3.63) is 11.4 Å². The molecule has 1 heterocycles. The van der Waals surface area contributed by atoms with Crippen LogP contribution >= 0.6 is 0 Å². The lowest BCUT2D eigenvalue weighted by atomic mass is 9.94. The van der Waals surface area contributed by atoms with Gasteiger partial charge in [-0.05, 0) is 46.9 Å². The Balaban J connectivity index is 3.07. The van der Waals surface area contributed by atoms with Crippen LogP contribution in [-0.4, -0.2) is 34.4 Å². The van der Waals surface area contributed by atoms with Crippen molar-refractivity contribution in [2.24, 2.45) is 4.99 Å². The molecule has 0 bridgehead atoms. The second-order valence-electron chi connectivity index (χ2n) is 5.55. The average molecular weight is 210 g/mol. The summed E-state index contributed by atoms with van der Waals surface area (Å²) in [4.78, 5) is 6.22. The van der Waals surface area contributed by atoms with Crippen molar-refractivity contribution in [3.63, 3.8) is 0 Å². The van der Waals surface area contributed by atoms with Crippen molar-refractivity contribution in [1.82, 2.24) is 4.90 Å². The van der Waals surface area contributed by atoms with E-state index < -0.39 is 5.60 Å². The number of allylic oxidation sites excluding steroid dienone is 1. The van der Waals surface area contributed by atoms with Gasteiger partial charge in [-0.25, -0.2) is 4.99 Å². The van der Waals surface area contributed by atoms with Crippen LogP contribution in [0.4, 0.5) is 0 Å². The van der Waals surface area contributed by atoms with Gasteiger partial charge >= 0.3 is 0 Å². The summed E-state index contributed by atoms with van der Waals surface area (Å²) in [5.41, 5.74) is 0.447. The van der Waals surface area contributed by atoms with Crippen molar-refractivity contribution >= 4 is 6.72 Å². The maximum Gasteiger partial charge on any atom is 0.126 e. The Labute approximate surface area is 92.5 Å². The van der Waals surface area contributed by atoms with Crippen LogP contribution in [0.2, 0.25) is 0 Å². The van der Waals surface area contributed by atoms with Gasteiger partial charge in [-0.2, -0.15) is 0 Å². The minimum absolute atomic E-state index is 0.0582. The zero-order valence-electron chi connectivity index (χ0n) is 10.5. The van der Waals surface area contributed by atoms with Crippen LogP contribution in [-0.2, 0) is 0 Å². The Morgan fingerprint density at radius 2 is 1.87 bits per heavy atom.